The summed E-state index contributed by atoms with van der Waals surface area (Å²) in [6.45, 7) is 3.71. The molecule has 0 saturated carbocycles. The summed E-state index contributed by atoms with van der Waals surface area (Å²) in [6.07, 6.45) is 2.08. The van der Waals surface area contributed by atoms with Crippen molar-refractivity contribution in [3.8, 4) is 0 Å². The monoisotopic (exact) mass is 282 g/mol. The molecule has 0 unspecified atom stereocenters. The Balaban J connectivity index is 1.44. The number of hydrogen-bond acceptors (Lipinski definition) is 4. The highest BCUT2D eigenvalue weighted by Crippen LogP contribution is 2.20. The lowest BCUT2D eigenvalue weighted by atomic mass is 10.1. The summed E-state index contributed by atoms with van der Waals surface area (Å²) in [5.74, 6) is 3.09. The van der Waals surface area contributed by atoms with Gasteiger partial charge in [0.2, 0.25) is 0 Å². The largest absolute Gasteiger partial charge is 0.460 e. The number of nitrogens with one attached hydrogen (secondary N) is 1. The lowest BCUT2D eigenvalue weighted by molar-refractivity contribution is 0.362. The van der Waals surface area contributed by atoms with Crippen LogP contribution in [0.25, 0.3) is 11.0 Å². The van der Waals surface area contributed by atoms with Gasteiger partial charge in [0.1, 0.15) is 23.0 Å². The quantitative estimate of drug-likeness (QED) is 0.801. The van der Waals surface area contributed by atoms with Crippen molar-refractivity contribution in [1.29, 1.82) is 0 Å². The predicted molar refractivity (Wildman–Crippen MR) is 79.9 cm³/mol. The highest BCUT2D eigenvalue weighted by molar-refractivity contribution is 5.77. The Bertz CT molecular complexity index is 741. The maximum Gasteiger partial charge on any atom is 0.134 e. The summed E-state index contributed by atoms with van der Waals surface area (Å²) in [4.78, 5) is 0. The topological polar surface area (TPSA) is 55.9 Å². The number of para-hydroxylation sites is 1. The van der Waals surface area contributed by atoms with Crippen LogP contribution in [0.15, 0.2) is 34.7 Å². The summed E-state index contributed by atoms with van der Waals surface area (Å²) in [7, 11) is 0. The molecule has 5 nitrogen and oxygen atoms in total. The maximum atomic E-state index is 5.84. The van der Waals surface area contributed by atoms with Gasteiger partial charge >= 0.3 is 0 Å². The van der Waals surface area contributed by atoms with E-state index in [0.29, 0.717) is 6.04 Å². The van der Waals surface area contributed by atoms with Crippen LogP contribution in [0.1, 0.15) is 23.8 Å². The van der Waals surface area contributed by atoms with E-state index < -0.39 is 0 Å². The third-order valence-corrected chi connectivity index (χ3v) is 4.17. The van der Waals surface area contributed by atoms with Gasteiger partial charge in [-0.3, -0.25) is 0 Å². The smallest absolute Gasteiger partial charge is 0.134 e. The summed E-state index contributed by atoms with van der Waals surface area (Å²) >= 11 is 0. The molecular formula is C16H18N4O. The number of benzene rings is 1. The molecule has 3 heterocycles. The number of aromatic nitrogens is 3. The molecule has 1 atom stereocenters. The summed E-state index contributed by atoms with van der Waals surface area (Å²) in [6, 6.07) is 10.7. The first-order valence-electron chi connectivity index (χ1n) is 7.39. The zero-order valence-electron chi connectivity index (χ0n) is 12.0. The van der Waals surface area contributed by atoms with Crippen molar-refractivity contribution in [2.24, 2.45) is 0 Å². The van der Waals surface area contributed by atoms with Crippen molar-refractivity contribution < 1.29 is 4.42 Å². The molecule has 1 aliphatic heterocycles. The first kappa shape index (κ1) is 12.6. The summed E-state index contributed by atoms with van der Waals surface area (Å²) < 4.78 is 8.05. The Kier molecular flexibility index (Phi) is 3.00. The Morgan fingerprint density at radius 2 is 2.24 bits per heavy atom. The van der Waals surface area contributed by atoms with Crippen LogP contribution in [0.3, 0.4) is 0 Å². The fourth-order valence-electron chi connectivity index (χ4n) is 3.00. The van der Waals surface area contributed by atoms with Crippen LogP contribution in [-0.2, 0) is 19.5 Å². The Labute approximate surface area is 123 Å². The minimum absolute atomic E-state index is 0.445. The Morgan fingerprint density at radius 3 is 3.14 bits per heavy atom. The van der Waals surface area contributed by atoms with Crippen molar-refractivity contribution in [3.05, 3.63) is 47.7 Å². The van der Waals surface area contributed by atoms with E-state index >= 15 is 0 Å². The summed E-state index contributed by atoms with van der Waals surface area (Å²) in [5.41, 5.74) is 0.954. The van der Waals surface area contributed by atoms with Gasteiger partial charge in [-0.2, -0.15) is 0 Å². The van der Waals surface area contributed by atoms with Crippen molar-refractivity contribution in [1.82, 2.24) is 20.1 Å². The Morgan fingerprint density at radius 1 is 1.33 bits per heavy atom. The van der Waals surface area contributed by atoms with E-state index in [1.165, 1.54) is 0 Å². The van der Waals surface area contributed by atoms with Crippen LogP contribution in [0, 0.1) is 6.92 Å². The lowest BCUT2D eigenvalue weighted by Crippen LogP contribution is -2.37. The zero-order chi connectivity index (χ0) is 14.2. The molecule has 108 valence electrons. The normalized spacial score (nSPS) is 18.0. The van der Waals surface area contributed by atoms with E-state index in [-0.39, 0.29) is 0 Å². The third kappa shape index (κ3) is 2.34. The van der Waals surface area contributed by atoms with E-state index in [1.54, 1.807) is 0 Å². The molecule has 21 heavy (non-hydrogen) atoms. The molecule has 0 aliphatic carbocycles. The number of aryl methyl sites for hydroxylation is 2. The molecule has 0 saturated heterocycles. The number of nitrogens with zero attached hydrogens (tertiary/aromatic N) is 3. The number of fused-ring (bicyclic) bond motifs is 2. The van der Waals surface area contributed by atoms with Gasteiger partial charge in [-0.05, 0) is 25.5 Å². The van der Waals surface area contributed by atoms with Crippen LogP contribution in [0.5, 0.6) is 0 Å². The van der Waals surface area contributed by atoms with E-state index in [4.69, 9.17) is 4.42 Å². The van der Waals surface area contributed by atoms with E-state index in [0.717, 1.165) is 54.3 Å². The molecule has 5 heteroatoms. The molecule has 1 N–H and O–H groups in total. The minimum atomic E-state index is 0.445. The van der Waals surface area contributed by atoms with E-state index in [1.807, 2.05) is 25.1 Å². The van der Waals surface area contributed by atoms with Gasteiger partial charge in [0.15, 0.2) is 0 Å². The molecule has 1 aliphatic rings. The predicted octanol–water partition coefficient (Wildman–Crippen LogP) is 2.44. The van der Waals surface area contributed by atoms with Crippen molar-refractivity contribution in [3.63, 3.8) is 0 Å². The van der Waals surface area contributed by atoms with Crippen molar-refractivity contribution in [2.45, 2.75) is 38.9 Å². The van der Waals surface area contributed by atoms with Crippen LogP contribution in [0.2, 0.25) is 0 Å². The van der Waals surface area contributed by atoms with Crippen molar-refractivity contribution in [2.75, 3.05) is 0 Å². The van der Waals surface area contributed by atoms with Gasteiger partial charge in [-0.15, -0.1) is 10.2 Å². The molecule has 1 aromatic carbocycles. The van der Waals surface area contributed by atoms with E-state index in [9.17, 15) is 0 Å². The molecule has 0 spiro atoms. The molecular weight excluding hydrogens is 264 g/mol. The average Bonchev–Trinajstić information content (AvgIpc) is 3.09. The fourth-order valence-corrected chi connectivity index (χ4v) is 3.00. The first-order chi connectivity index (χ1) is 10.3. The molecule has 0 radical (unpaired) electrons. The average molecular weight is 282 g/mol. The maximum absolute atomic E-state index is 5.84. The molecule has 4 rings (SSSR count). The van der Waals surface area contributed by atoms with Crippen LogP contribution in [0.4, 0.5) is 0 Å². The highest BCUT2D eigenvalue weighted by atomic mass is 16.3. The van der Waals surface area contributed by atoms with Crippen LogP contribution in [-0.4, -0.2) is 20.8 Å². The highest BCUT2D eigenvalue weighted by Gasteiger charge is 2.21. The second-order valence-corrected chi connectivity index (χ2v) is 5.64. The van der Waals surface area contributed by atoms with Gasteiger partial charge in [-0.25, -0.2) is 0 Å². The minimum Gasteiger partial charge on any atom is -0.460 e. The molecule has 0 fully saturated rings. The van der Waals surface area contributed by atoms with Gasteiger partial charge < -0.3 is 14.3 Å². The first-order valence-corrected chi connectivity index (χ1v) is 7.39. The molecule has 2 aromatic heterocycles. The van der Waals surface area contributed by atoms with Crippen molar-refractivity contribution >= 4 is 11.0 Å². The van der Waals surface area contributed by atoms with E-state index in [2.05, 4.69) is 32.2 Å². The lowest BCUT2D eigenvalue weighted by Gasteiger charge is -2.24. The number of furan rings is 1. The van der Waals surface area contributed by atoms with Gasteiger partial charge in [-0.1, -0.05) is 18.2 Å². The second kappa shape index (κ2) is 5.00. The van der Waals surface area contributed by atoms with Gasteiger partial charge in [0, 0.05) is 24.4 Å². The Hall–Kier alpha value is -2.14. The SMILES string of the molecule is Cc1nnc2n1C[C@@H](NCc1cc3ccccc3o1)CC2. The summed E-state index contributed by atoms with van der Waals surface area (Å²) in [5, 5.41) is 13.1. The zero-order valence-corrected chi connectivity index (χ0v) is 12.0. The number of rotatable bonds is 3. The standard InChI is InChI=1S/C16H18N4O/c1-11-18-19-16-7-6-13(10-20(11)16)17-9-14-8-12-4-2-3-5-15(12)21-14/h2-5,8,13,17H,6-7,9-10H2,1H3/t13-/m0/s1. The molecule has 0 amide bonds. The number of hydrogen-bond donors (Lipinski definition) is 1. The fraction of sp³-hybridized carbons (Fsp3) is 0.375. The van der Waals surface area contributed by atoms with Crippen LogP contribution < -0.4 is 5.32 Å². The third-order valence-electron chi connectivity index (χ3n) is 4.17. The van der Waals surface area contributed by atoms with Gasteiger partial charge in [0.25, 0.3) is 0 Å². The van der Waals surface area contributed by atoms with Crippen LogP contribution >= 0.6 is 0 Å². The van der Waals surface area contributed by atoms with Gasteiger partial charge in [0.05, 0.1) is 6.54 Å². The second-order valence-electron chi connectivity index (χ2n) is 5.64. The molecule has 3 aromatic rings. The molecule has 0 bridgehead atoms.